The Hall–Kier alpha value is -0.580. The lowest BCUT2D eigenvalue weighted by Crippen LogP contribution is -2.26. The minimum absolute atomic E-state index is 0.346. The fraction of sp³-hybridized carbons (Fsp3) is 0.333. The van der Waals surface area contributed by atoms with E-state index in [1.165, 1.54) is 4.31 Å². The number of halogens is 1. The van der Waals surface area contributed by atoms with E-state index in [0.29, 0.717) is 13.1 Å². The molecule has 1 aliphatic rings. The summed E-state index contributed by atoms with van der Waals surface area (Å²) in [6.07, 6.45) is 0. The lowest BCUT2D eigenvalue weighted by atomic mass is 10.1. The van der Waals surface area contributed by atoms with E-state index in [1.807, 2.05) is 24.3 Å². The van der Waals surface area contributed by atoms with E-state index < -0.39 is 10.0 Å². The third-order valence-corrected chi connectivity index (χ3v) is 4.49. The lowest BCUT2D eigenvalue weighted by molar-refractivity contribution is 0.435. The van der Waals surface area contributed by atoms with Crippen molar-refractivity contribution in [3.05, 3.63) is 35.4 Å². The van der Waals surface area contributed by atoms with Crippen molar-refractivity contribution in [3.63, 3.8) is 0 Å². The third kappa shape index (κ3) is 1.65. The Morgan fingerprint density at radius 1 is 1.21 bits per heavy atom. The average molecular weight is 232 g/mol. The number of hydrogen-bond donors (Lipinski definition) is 0. The highest BCUT2D eigenvalue weighted by atomic mass is 35.5. The maximum atomic E-state index is 11.5. The third-order valence-electron chi connectivity index (χ3n) is 2.34. The molecule has 2 rings (SSSR count). The summed E-state index contributed by atoms with van der Waals surface area (Å²) < 4.78 is 24.3. The summed E-state index contributed by atoms with van der Waals surface area (Å²) in [5.41, 5.74) is 2.14. The monoisotopic (exact) mass is 231 g/mol. The normalized spacial score (nSPS) is 16.9. The van der Waals surface area contributed by atoms with Crippen LogP contribution >= 0.6 is 11.6 Å². The van der Waals surface area contributed by atoms with Crippen LogP contribution in [0.2, 0.25) is 0 Å². The molecule has 0 saturated carbocycles. The maximum Gasteiger partial charge on any atom is 0.228 e. The molecule has 14 heavy (non-hydrogen) atoms. The van der Waals surface area contributed by atoms with Crippen LogP contribution in [-0.2, 0) is 23.1 Å². The Morgan fingerprint density at radius 2 is 1.71 bits per heavy atom. The summed E-state index contributed by atoms with van der Waals surface area (Å²) in [5.74, 6) is 0. The molecule has 0 atom stereocenters. The van der Waals surface area contributed by atoms with Crippen molar-refractivity contribution < 1.29 is 8.42 Å². The number of benzene rings is 1. The van der Waals surface area contributed by atoms with Crippen molar-refractivity contribution in [2.45, 2.75) is 13.1 Å². The van der Waals surface area contributed by atoms with Gasteiger partial charge in [0.25, 0.3) is 0 Å². The van der Waals surface area contributed by atoms with Crippen molar-refractivity contribution >= 4 is 21.6 Å². The molecule has 1 aromatic rings. The second-order valence-corrected chi connectivity index (χ2v) is 5.81. The van der Waals surface area contributed by atoms with Crippen LogP contribution in [0.4, 0.5) is 0 Å². The summed E-state index contributed by atoms with van der Waals surface area (Å²) in [6.45, 7) is 0.899. The zero-order valence-corrected chi connectivity index (χ0v) is 9.05. The van der Waals surface area contributed by atoms with Crippen molar-refractivity contribution in [1.29, 1.82) is 0 Å². The highest BCUT2D eigenvalue weighted by Gasteiger charge is 2.27. The van der Waals surface area contributed by atoms with Crippen LogP contribution in [0.15, 0.2) is 24.3 Å². The first-order valence-electron chi connectivity index (χ1n) is 4.24. The Balaban J connectivity index is 2.28. The average Bonchev–Trinajstić information content (AvgIpc) is 2.61. The Morgan fingerprint density at radius 3 is 2.14 bits per heavy atom. The van der Waals surface area contributed by atoms with E-state index in [0.717, 1.165) is 11.1 Å². The van der Waals surface area contributed by atoms with Crippen molar-refractivity contribution in [2.24, 2.45) is 0 Å². The molecule has 0 radical (unpaired) electrons. The molecule has 0 aromatic heterocycles. The zero-order chi connectivity index (χ0) is 10.2. The van der Waals surface area contributed by atoms with Crippen molar-refractivity contribution in [3.8, 4) is 0 Å². The highest BCUT2D eigenvalue weighted by molar-refractivity contribution is 7.90. The van der Waals surface area contributed by atoms with Gasteiger partial charge in [0.2, 0.25) is 10.0 Å². The first-order chi connectivity index (χ1) is 6.63. The zero-order valence-electron chi connectivity index (χ0n) is 7.48. The summed E-state index contributed by atoms with van der Waals surface area (Å²) in [6, 6.07) is 7.71. The van der Waals surface area contributed by atoms with Gasteiger partial charge in [-0.05, 0) is 11.1 Å². The van der Waals surface area contributed by atoms with Gasteiger partial charge >= 0.3 is 0 Å². The number of alkyl halides is 1. The highest BCUT2D eigenvalue weighted by Crippen LogP contribution is 2.25. The first kappa shape index (κ1) is 9.96. The molecular weight excluding hydrogens is 222 g/mol. The molecule has 0 N–H and O–H groups in total. The van der Waals surface area contributed by atoms with Gasteiger partial charge in [0, 0.05) is 13.1 Å². The number of sulfonamides is 1. The topological polar surface area (TPSA) is 37.4 Å². The van der Waals surface area contributed by atoms with Gasteiger partial charge < -0.3 is 0 Å². The van der Waals surface area contributed by atoms with Crippen LogP contribution < -0.4 is 0 Å². The summed E-state index contributed by atoms with van der Waals surface area (Å²) in [5, 5.41) is -0.346. The summed E-state index contributed by atoms with van der Waals surface area (Å²) in [7, 11) is -3.27. The number of rotatable bonds is 2. The van der Waals surface area contributed by atoms with Crippen LogP contribution in [-0.4, -0.2) is 17.9 Å². The van der Waals surface area contributed by atoms with E-state index in [4.69, 9.17) is 11.6 Å². The molecule has 1 aliphatic heterocycles. The molecule has 1 aromatic carbocycles. The number of fused-ring (bicyclic) bond motifs is 1. The predicted octanol–water partition coefficient (Wildman–Crippen LogP) is 1.53. The molecule has 0 bridgehead atoms. The first-order valence-corrected chi connectivity index (χ1v) is 6.38. The van der Waals surface area contributed by atoms with Crippen LogP contribution in [0.25, 0.3) is 0 Å². The van der Waals surface area contributed by atoms with Crippen LogP contribution in [0.3, 0.4) is 0 Å². The molecule has 76 valence electrons. The molecule has 5 heteroatoms. The molecular formula is C9H10ClNO2S. The van der Waals surface area contributed by atoms with Gasteiger partial charge in [0.05, 0.1) is 0 Å². The Kier molecular flexibility index (Phi) is 2.51. The van der Waals surface area contributed by atoms with E-state index >= 15 is 0 Å². The van der Waals surface area contributed by atoms with Crippen LogP contribution in [0.1, 0.15) is 11.1 Å². The van der Waals surface area contributed by atoms with Crippen molar-refractivity contribution in [2.75, 3.05) is 5.21 Å². The Bertz CT molecular complexity index is 419. The number of hydrogen-bond acceptors (Lipinski definition) is 2. The van der Waals surface area contributed by atoms with Gasteiger partial charge in [-0.25, -0.2) is 8.42 Å². The van der Waals surface area contributed by atoms with E-state index in [9.17, 15) is 8.42 Å². The lowest BCUT2D eigenvalue weighted by Gasteiger charge is -2.12. The summed E-state index contributed by atoms with van der Waals surface area (Å²) in [4.78, 5) is 0. The van der Waals surface area contributed by atoms with Gasteiger partial charge in [-0.2, -0.15) is 4.31 Å². The van der Waals surface area contributed by atoms with Gasteiger partial charge in [0.15, 0.2) is 0 Å². The molecule has 0 aliphatic carbocycles. The molecule has 0 spiro atoms. The van der Waals surface area contributed by atoms with Crippen LogP contribution in [0, 0.1) is 0 Å². The van der Waals surface area contributed by atoms with Gasteiger partial charge in [-0.15, -0.1) is 11.6 Å². The fourth-order valence-electron chi connectivity index (χ4n) is 1.57. The minimum atomic E-state index is -3.27. The molecule has 0 fully saturated rings. The second kappa shape index (κ2) is 3.53. The van der Waals surface area contributed by atoms with Crippen LogP contribution in [0.5, 0.6) is 0 Å². The standard InChI is InChI=1S/C9H10ClNO2S/c10-7-14(12,13)11-5-8-3-1-2-4-9(8)6-11/h1-4H,5-7H2. The van der Waals surface area contributed by atoms with Gasteiger partial charge in [0.1, 0.15) is 5.21 Å². The quantitative estimate of drug-likeness (QED) is 0.724. The van der Waals surface area contributed by atoms with Gasteiger partial charge in [-0.1, -0.05) is 24.3 Å². The maximum absolute atomic E-state index is 11.5. The number of nitrogens with zero attached hydrogens (tertiary/aromatic N) is 1. The second-order valence-electron chi connectivity index (χ2n) is 3.26. The summed E-state index contributed by atoms with van der Waals surface area (Å²) >= 11 is 5.39. The van der Waals surface area contributed by atoms with Crippen molar-refractivity contribution in [1.82, 2.24) is 4.31 Å². The predicted molar refractivity (Wildman–Crippen MR) is 55.3 cm³/mol. The Labute approximate surface area is 88.3 Å². The van der Waals surface area contributed by atoms with Gasteiger partial charge in [-0.3, -0.25) is 0 Å². The fourth-order valence-corrected chi connectivity index (χ4v) is 2.79. The van der Waals surface area contributed by atoms with E-state index in [1.54, 1.807) is 0 Å². The van der Waals surface area contributed by atoms with E-state index in [-0.39, 0.29) is 5.21 Å². The largest absolute Gasteiger partial charge is 0.228 e. The van der Waals surface area contributed by atoms with E-state index in [2.05, 4.69) is 0 Å². The molecule has 0 saturated heterocycles. The molecule has 0 unspecified atom stereocenters. The SMILES string of the molecule is O=S(=O)(CCl)N1Cc2ccccc2C1. The minimum Gasteiger partial charge on any atom is -0.211 e. The molecule has 3 nitrogen and oxygen atoms in total. The molecule has 1 heterocycles. The smallest absolute Gasteiger partial charge is 0.211 e. The molecule has 0 amide bonds.